The summed E-state index contributed by atoms with van der Waals surface area (Å²) in [6, 6.07) is 13.5. The summed E-state index contributed by atoms with van der Waals surface area (Å²) in [7, 11) is 2.14. The van der Waals surface area contributed by atoms with Gasteiger partial charge in [-0.25, -0.2) is 15.0 Å². The van der Waals surface area contributed by atoms with Crippen molar-refractivity contribution in [3.63, 3.8) is 0 Å². The van der Waals surface area contributed by atoms with Crippen LogP contribution in [-0.2, 0) is 4.79 Å². The van der Waals surface area contributed by atoms with E-state index in [1.165, 1.54) is 6.92 Å². The van der Waals surface area contributed by atoms with Crippen LogP contribution in [0.4, 0.5) is 23.1 Å². The van der Waals surface area contributed by atoms with E-state index in [0.29, 0.717) is 11.6 Å². The molecule has 1 aliphatic heterocycles. The number of likely N-dealkylation sites (N-methyl/N-ethyl adjacent to an activating group) is 1. The normalized spacial score (nSPS) is 14.2. The van der Waals surface area contributed by atoms with Gasteiger partial charge in [0, 0.05) is 62.1 Å². The Morgan fingerprint density at radius 2 is 1.79 bits per heavy atom. The van der Waals surface area contributed by atoms with Crippen LogP contribution in [0.1, 0.15) is 6.92 Å². The minimum absolute atomic E-state index is 0.129. The molecule has 172 valence electrons. The van der Waals surface area contributed by atoms with Crippen molar-refractivity contribution in [3.8, 4) is 11.3 Å². The van der Waals surface area contributed by atoms with Gasteiger partial charge in [-0.2, -0.15) is 0 Å². The Bertz CT molecular complexity index is 1320. The highest BCUT2D eigenvalue weighted by Crippen LogP contribution is 2.28. The Hall–Kier alpha value is -4.11. The molecule has 3 aromatic heterocycles. The molecule has 34 heavy (non-hydrogen) atoms. The van der Waals surface area contributed by atoms with Gasteiger partial charge in [0.15, 0.2) is 0 Å². The molecule has 2 N–H and O–H groups in total. The van der Waals surface area contributed by atoms with E-state index in [-0.39, 0.29) is 5.91 Å². The number of nitrogens with zero attached hydrogens (tertiary/aromatic N) is 6. The van der Waals surface area contributed by atoms with E-state index >= 15 is 0 Å². The third kappa shape index (κ3) is 4.79. The first-order chi connectivity index (χ1) is 16.5. The number of benzene rings is 1. The number of amides is 1. The SMILES string of the molecule is CC(=O)Nc1ccnc(-c2cccc3cnc(Nc4ccc(N5CCN(C)CC5)nc4)nc23)c1. The molecule has 0 aliphatic carbocycles. The second kappa shape index (κ2) is 9.40. The molecule has 0 atom stereocenters. The molecule has 0 radical (unpaired) electrons. The van der Waals surface area contributed by atoms with E-state index in [9.17, 15) is 4.79 Å². The van der Waals surface area contributed by atoms with Crippen LogP contribution in [0.3, 0.4) is 0 Å². The van der Waals surface area contributed by atoms with Crippen LogP contribution in [0.2, 0.25) is 0 Å². The van der Waals surface area contributed by atoms with Gasteiger partial charge in [-0.05, 0) is 31.3 Å². The highest BCUT2D eigenvalue weighted by molar-refractivity contribution is 5.94. The second-order valence-corrected chi connectivity index (χ2v) is 8.37. The molecule has 0 spiro atoms. The Balaban J connectivity index is 1.40. The van der Waals surface area contributed by atoms with Crippen molar-refractivity contribution in [1.82, 2.24) is 24.8 Å². The number of pyridine rings is 2. The first-order valence-corrected chi connectivity index (χ1v) is 11.2. The molecule has 0 bridgehead atoms. The number of nitrogens with one attached hydrogen (secondary N) is 2. The van der Waals surface area contributed by atoms with Crippen LogP contribution >= 0.6 is 0 Å². The number of hydrogen-bond donors (Lipinski definition) is 2. The number of anilines is 4. The molecule has 4 aromatic rings. The minimum Gasteiger partial charge on any atom is -0.354 e. The zero-order valence-electron chi connectivity index (χ0n) is 19.2. The van der Waals surface area contributed by atoms with E-state index in [1.807, 2.05) is 42.6 Å². The van der Waals surface area contributed by atoms with E-state index < -0.39 is 0 Å². The maximum Gasteiger partial charge on any atom is 0.227 e. The van der Waals surface area contributed by atoms with Crippen molar-refractivity contribution in [1.29, 1.82) is 0 Å². The molecule has 1 aromatic carbocycles. The summed E-state index contributed by atoms with van der Waals surface area (Å²) in [6.45, 7) is 5.51. The molecule has 4 heterocycles. The second-order valence-electron chi connectivity index (χ2n) is 8.37. The van der Waals surface area contributed by atoms with Gasteiger partial charge in [-0.1, -0.05) is 18.2 Å². The summed E-state index contributed by atoms with van der Waals surface area (Å²) in [5.74, 6) is 1.33. The maximum absolute atomic E-state index is 11.4. The molecule has 9 heteroatoms. The van der Waals surface area contributed by atoms with E-state index in [0.717, 1.165) is 59.8 Å². The van der Waals surface area contributed by atoms with Gasteiger partial charge >= 0.3 is 0 Å². The van der Waals surface area contributed by atoms with Crippen molar-refractivity contribution >= 4 is 40.0 Å². The average molecular weight is 455 g/mol. The van der Waals surface area contributed by atoms with Gasteiger partial charge in [0.25, 0.3) is 0 Å². The van der Waals surface area contributed by atoms with Crippen molar-refractivity contribution in [3.05, 3.63) is 61.1 Å². The maximum atomic E-state index is 11.4. The Labute approximate surface area is 197 Å². The van der Waals surface area contributed by atoms with E-state index in [2.05, 4.69) is 42.4 Å². The molecule has 1 amide bonds. The van der Waals surface area contributed by atoms with Gasteiger partial charge in [0.1, 0.15) is 5.82 Å². The summed E-state index contributed by atoms with van der Waals surface area (Å²) in [6.07, 6.45) is 5.27. The van der Waals surface area contributed by atoms with Crippen molar-refractivity contribution in [2.45, 2.75) is 6.92 Å². The van der Waals surface area contributed by atoms with Gasteiger partial charge < -0.3 is 20.4 Å². The number of para-hydroxylation sites is 1. The quantitative estimate of drug-likeness (QED) is 0.472. The largest absolute Gasteiger partial charge is 0.354 e. The summed E-state index contributed by atoms with van der Waals surface area (Å²) < 4.78 is 0. The molecule has 1 aliphatic rings. The third-order valence-corrected chi connectivity index (χ3v) is 5.80. The fraction of sp³-hybridized carbons (Fsp3) is 0.240. The number of hydrogen-bond acceptors (Lipinski definition) is 8. The lowest BCUT2D eigenvalue weighted by atomic mass is 10.1. The smallest absolute Gasteiger partial charge is 0.227 e. The van der Waals surface area contributed by atoms with Crippen LogP contribution in [0, 0.1) is 0 Å². The summed E-state index contributed by atoms with van der Waals surface area (Å²) in [5, 5.41) is 6.96. The summed E-state index contributed by atoms with van der Waals surface area (Å²) in [4.78, 5) is 34.4. The number of aromatic nitrogens is 4. The predicted molar refractivity (Wildman–Crippen MR) is 134 cm³/mol. The van der Waals surface area contributed by atoms with Gasteiger partial charge in [-0.3, -0.25) is 9.78 Å². The molecule has 1 saturated heterocycles. The molecule has 0 unspecified atom stereocenters. The highest BCUT2D eigenvalue weighted by atomic mass is 16.1. The van der Waals surface area contributed by atoms with Crippen molar-refractivity contribution in [2.75, 3.05) is 48.8 Å². The van der Waals surface area contributed by atoms with Gasteiger partial charge in [-0.15, -0.1) is 0 Å². The third-order valence-electron chi connectivity index (χ3n) is 5.80. The number of carbonyl (C=O) groups is 1. The van der Waals surface area contributed by atoms with Crippen LogP contribution in [0.15, 0.2) is 61.1 Å². The topological polar surface area (TPSA) is 99.2 Å². The minimum atomic E-state index is -0.129. The first kappa shape index (κ1) is 21.7. The molecule has 0 saturated carbocycles. The zero-order valence-corrected chi connectivity index (χ0v) is 19.2. The lowest BCUT2D eigenvalue weighted by molar-refractivity contribution is -0.114. The molecule has 5 rings (SSSR count). The molecule has 9 nitrogen and oxygen atoms in total. The Kier molecular flexibility index (Phi) is 6.01. The standard InChI is InChI=1S/C25H26N8O/c1-17(34)29-19-8-9-26-22(14-19)21-5-3-4-18-15-28-25(31-24(18)21)30-20-6-7-23(27-16-20)33-12-10-32(2)11-13-33/h3-9,14-16H,10-13H2,1-2H3,(H,26,29,34)(H,28,30,31). The summed E-state index contributed by atoms with van der Waals surface area (Å²) in [5.41, 5.74) is 3.86. The number of carbonyl (C=O) groups excluding carboxylic acids is 1. The lowest BCUT2D eigenvalue weighted by Gasteiger charge is -2.33. The lowest BCUT2D eigenvalue weighted by Crippen LogP contribution is -2.44. The van der Waals surface area contributed by atoms with Crippen molar-refractivity contribution < 1.29 is 4.79 Å². The van der Waals surface area contributed by atoms with Gasteiger partial charge in [0.2, 0.25) is 11.9 Å². The van der Waals surface area contributed by atoms with E-state index in [1.54, 1.807) is 18.5 Å². The van der Waals surface area contributed by atoms with E-state index in [4.69, 9.17) is 4.98 Å². The molecular formula is C25H26N8O. The fourth-order valence-corrected chi connectivity index (χ4v) is 3.99. The van der Waals surface area contributed by atoms with Crippen LogP contribution in [0.5, 0.6) is 0 Å². The Morgan fingerprint density at radius 3 is 2.56 bits per heavy atom. The average Bonchev–Trinajstić information content (AvgIpc) is 2.84. The number of fused-ring (bicyclic) bond motifs is 1. The first-order valence-electron chi connectivity index (χ1n) is 11.2. The number of rotatable bonds is 5. The Morgan fingerprint density at radius 1 is 0.941 bits per heavy atom. The monoisotopic (exact) mass is 454 g/mol. The van der Waals surface area contributed by atoms with Crippen LogP contribution < -0.4 is 15.5 Å². The van der Waals surface area contributed by atoms with Crippen molar-refractivity contribution in [2.24, 2.45) is 0 Å². The van der Waals surface area contributed by atoms with Crippen LogP contribution in [0.25, 0.3) is 22.2 Å². The predicted octanol–water partition coefficient (Wildman–Crippen LogP) is 3.54. The fourth-order valence-electron chi connectivity index (χ4n) is 3.99. The molecular weight excluding hydrogens is 428 g/mol. The molecule has 1 fully saturated rings. The zero-order chi connectivity index (χ0) is 23.5. The number of piperazine rings is 1. The summed E-state index contributed by atoms with van der Waals surface area (Å²) >= 11 is 0. The van der Waals surface area contributed by atoms with Crippen LogP contribution in [-0.4, -0.2) is 64.0 Å². The van der Waals surface area contributed by atoms with Gasteiger partial charge in [0.05, 0.1) is 23.1 Å². The highest BCUT2D eigenvalue weighted by Gasteiger charge is 2.15.